The zero-order chi connectivity index (χ0) is 30.7. The van der Waals surface area contributed by atoms with E-state index in [1.54, 1.807) is 0 Å². The molecule has 0 saturated heterocycles. The molecule has 0 aromatic heterocycles. The molecule has 0 spiro atoms. The van der Waals surface area contributed by atoms with E-state index in [9.17, 15) is 18.9 Å². The lowest BCUT2D eigenvalue weighted by molar-refractivity contribution is -0.161. The van der Waals surface area contributed by atoms with E-state index in [1.165, 1.54) is 51.4 Å². The molecular formula is C31H51NO9P+. The number of benzene rings is 1. The molecule has 0 fully saturated rings. The Hall–Kier alpha value is -2.55. The van der Waals surface area contributed by atoms with Crippen molar-refractivity contribution in [2.24, 2.45) is 0 Å². The number of ether oxygens (including phenoxy) is 3. The molecule has 2 atom stereocenters. The SMILES string of the molecule is CCCCCCCCCCCCCC(=O)OC[C@@H](CO[P+](=O)O)OC(=O)CCCCCNC(=O)OCc1ccccc1. The average molecular weight is 613 g/mol. The Morgan fingerprint density at radius 1 is 0.762 bits per heavy atom. The van der Waals surface area contributed by atoms with E-state index in [0.29, 0.717) is 25.8 Å². The average Bonchev–Trinajstić information content (AvgIpc) is 2.98. The quantitative estimate of drug-likeness (QED) is 0.0478. The largest absolute Gasteiger partial charge is 0.694 e. The first kappa shape index (κ1) is 37.5. The van der Waals surface area contributed by atoms with Gasteiger partial charge in [0.25, 0.3) is 0 Å². The van der Waals surface area contributed by atoms with E-state index in [0.717, 1.165) is 24.8 Å². The number of hydrogen-bond acceptors (Lipinski definition) is 8. The van der Waals surface area contributed by atoms with Crippen molar-refractivity contribution in [1.29, 1.82) is 0 Å². The highest BCUT2D eigenvalue weighted by atomic mass is 31.1. The summed E-state index contributed by atoms with van der Waals surface area (Å²) in [5, 5.41) is 2.67. The van der Waals surface area contributed by atoms with E-state index in [4.69, 9.17) is 19.1 Å². The fraction of sp³-hybridized carbons (Fsp3) is 0.710. The van der Waals surface area contributed by atoms with Gasteiger partial charge in [-0.05, 0) is 24.8 Å². The van der Waals surface area contributed by atoms with Gasteiger partial charge in [-0.25, -0.2) is 4.79 Å². The summed E-state index contributed by atoms with van der Waals surface area (Å²) in [4.78, 5) is 45.1. The molecule has 238 valence electrons. The van der Waals surface area contributed by atoms with Crippen molar-refractivity contribution < 1.29 is 42.6 Å². The van der Waals surface area contributed by atoms with Gasteiger partial charge in [-0.1, -0.05) is 108 Å². The highest BCUT2D eigenvalue weighted by molar-refractivity contribution is 7.32. The van der Waals surface area contributed by atoms with Gasteiger partial charge in [0.2, 0.25) is 0 Å². The smallest absolute Gasteiger partial charge is 0.462 e. The maximum Gasteiger partial charge on any atom is 0.694 e. The normalized spacial score (nSPS) is 11.9. The van der Waals surface area contributed by atoms with E-state index in [-0.39, 0.29) is 32.7 Å². The number of alkyl carbamates (subject to hydrolysis) is 1. The van der Waals surface area contributed by atoms with Crippen LogP contribution in [0.3, 0.4) is 0 Å². The summed E-state index contributed by atoms with van der Waals surface area (Å²) in [6, 6.07) is 9.38. The van der Waals surface area contributed by atoms with Crippen molar-refractivity contribution in [1.82, 2.24) is 5.32 Å². The molecule has 0 saturated carbocycles. The Morgan fingerprint density at radius 2 is 1.33 bits per heavy atom. The number of unbranched alkanes of at least 4 members (excludes halogenated alkanes) is 12. The first-order chi connectivity index (χ1) is 20.4. The molecular weight excluding hydrogens is 561 g/mol. The minimum Gasteiger partial charge on any atom is -0.462 e. The predicted octanol–water partition coefficient (Wildman–Crippen LogP) is 7.30. The van der Waals surface area contributed by atoms with Gasteiger partial charge in [0.15, 0.2) is 6.10 Å². The highest BCUT2D eigenvalue weighted by Crippen LogP contribution is 2.16. The third-order valence-corrected chi connectivity index (χ3v) is 6.99. The molecule has 0 aliphatic rings. The van der Waals surface area contributed by atoms with Crippen LogP contribution in [0.15, 0.2) is 30.3 Å². The number of carbonyl (C=O) groups is 3. The number of nitrogens with one attached hydrogen (secondary N) is 1. The molecule has 0 heterocycles. The topological polar surface area (TPSA) is 137 Å². The lowest BCUT2D eigenvalue weighted by Gasteiger charge is -2.15. The predicted molar refractivity (Wildman–Crippen MR) is 161 cm³/mol. The van der Waals surface area contributed by atoms with Crippen molar-refractivity contribution in [3.8, 4) is 0 Å². The maximum absolute atomic E-state index is 12.2. The van der Waals surface area contributed by atoms with Gasteiger partial charge in [-0.15, -0.1) is 9.42 Å². The van der Waals surface area contributed by atoms with Crippen molar-refractivity contribution in [2.45, 2.75) is 122 Å². The van der Waals surface area contributed by atoms with Crippen LogP contribution < -0.4 is 5.32 Å². The Bertz CT molecular complexity index is 869. The van der Waals surface area contributed by atoms with Crippen LogP contribution >= 0.6 is 8.25 Å². The summed E-state index contributed by atoms with van der Waals surface area (Å²) in [5.41, 5.74) is 0.903. The lowest BCUT2D eigenvalue weighted by Crippen LogP contribution is -2.29. The second-order valence-electron chi connectivity index (χ2n) is 10.4. The van der Waals surface area contributed by atoms with Gasteiger partial charge in [0, 0.05) is 24.0 Å². The number of carbonyl (C=O) groups excluding carboxylic acids is 3. The summed E-state index contributed by atoms with van der Waals surface area (Å²) < 4.78 is 31.3. The third-order valence-electron chi connectivity index (χ3n) is 6.62. The zero-order valence-corrected chi connectivity index (χ0v) is 26.2. The van der Waals surface area contributed by atoms with Crippen LogP contribution in [0.1, 0.15) is 115 Å². The van der Waals surface area contributed by atoms with Crippen LogP contribution in [0.2, 0.25) is 0 Å². The summed E-state index contributed by atoms with van der Waals surface area (Å²) in [5.74, 6) is -0.913. The molecule has 0 bridgehead atoms. The van der Waals surface area contributed by atoms with Crippen LogP contribution in [-0.4, -0.2) is 48.8 Å². The maximum atomic E-state index is 12.2. The molecule has 1 amide bonds. The highest BCUT2D eigenvalue weighted by Gasteiger charge is 2.23. The number of rotatable bonds is 26. The summed E-state index contributed by atoms with van der Waals surface area (Å²) in [7, 11) is -2.87. The van der Waals surface area contributed by atoms with Crippen molar-refractivity contribution in [3.05, 3.63) is 35.9 Å². The first-order valence-corrected chi connectivity index (χ1v) is 16.6. The van der Waals surface area contributed by atoms with Crippen LogP contribution in [0.25, 0.3) is 0 Å². The van der Waals surface area contributed by atoms with Gasteiger partial charge >= 0.3 is 26.3 Å². The fourth-order valence-electron chi connectivity index (χ4n) is 4.24. The van der Waals surface area contributed by atoms with Crippen molar-refractivity contribution in [2.75, 3.05) is 19.8 Å². The van der Waals surface area contributed by atoms with Crippen LogP contribution in [0.5, 0.6) is 0 Å². The Kier molecular flexibility index (Phi) is 23.3. The minimum absolute atomic E-state index is 0.118. The van der Waals surface area contributed by atoms with Gasteiger partial charge in [-0.3, -0.25) is 9.59 Å². The zero-order valence-electron chi connectivity index (χ0n) is 25.3. The monoisotopic (exact) mass is 612 g/mol. The molecule has 2 N–H and O–H groups in total. The molecule has 1 aromatic rings. The van der Waals surface area contributed by atoms with Crippen LogP contribution in [0.4, 0.5) is 4.79 Å². The summed E-state index contributed by atoms with van der Waals surface area (Å²) in [6.45, 7) is 2.25. The van der Waals surface area contributed by atoms with Gasteiger partial charge in [-0.2, -0.15) is 0 Å². The van der Waals surface area contributed by atoms with E-state index in [2.05, 4.69) is 16.8 Å². The van der Waals surface area contributed by atoms with Gasteiger partial charge in [0.05, 0.1) is 0 Å². The third kappa shape index (κ3) is 23.1. The molecule has 0 aliphatic carbocycles. The molecule has 1 rings (SSSR count). The second-order valence-corrected chi connectivity index (χ2v) is 11.1. The first-order valence-electron chi connectivity index (χ1n) is 15.5. The fourth-order valence-corrected chi connectivity index (χ4v) is 4.53. The summed E-state index contributed by atoms with van der Waals surface area (Å²) >= 11 is 0. The van der Waals surface area contributed by atoms with E-state index < -0.39 is 32.4 Å². The van der Waals surface area contributed by atoms with Crippen LogP contribution in [0, 0.1) is 0 Å². The number of amides is 1. The summed E-state index contributed by atoms with van der Waals surface area (Å²) in [6.07, 6.45) is 13.8. The molecule has 10 nitrogen and oxygen atoms in total. The molecule has 1 unspecified atom stereocenters. The molecule has 0 aliphatic heterocycles. The molecule has 0 radical (unpaired) electrons. The molecule has 1 aromatic carbocycles. The van der Waals surface area contributed by atoms with E-state index >= 15 is 0 Å². The standard InChI is InChI=1S/C31H50NO9P/c1-2-3-4-5-6-7-8-9-10-11-16-21-29(33)38-25-28(26-40-42(36)37)41-30(34)22-17-13-18-23-32-31(35)39-24-27-19-14-12-15-20-27/h12,14-15,19-20,28H,2-11,13,16-18,21-26H2,1H3,(H-,32,35,36,37)/p+1/t28-/m0/s1. The Balaban J connectivity index is 2.12. The van der Waals surface area contributed by atoms with Gasteiger partial charge in [0.1, 0.15) is 19.8 Å². The van der Waals surface area contributed by atoms with Crippen molar-refractivity contribution in [3.63, 3.8) is 0 Å². The van der Waals surface area contributed by atoms with Crippen LogP contribution in [-0.2, 0) is 39.5 Å². The number of hydrogen-bond donors (Lipinski definition) is 2. The van der Waals surface area contributed by atoms with Crippen molar-refractivity contribution >= 4 is 26.3 Å². The Labute approximate surface area is 252 Å². The Morgan fingerprint density at radius 3 is 1.95 bits per heavy atom. The van der Waals surface area contributed by atoms with Gasteiger partial charge < -0.3 is 19.5 Å². The lowest BCUT2D eigenvalue weighted by atomic mass is 10.1. The minimum atomic E-state index is -2.87. The molecule has 11 heteroatoms. The number of esters is 2. The molecule has 42 heavy (non-hydrogen) atoms. The van der Waals surface area contributed by atoms with E-state index in [1.807, 2.05) is 30.3 Å². The second kappa shape index (κ2) is 26.1.